The van der Waals surface area contributed by atoms with Crippen LogP contribution in [0.2, 0.25) is 0 Å². The smallest absolute Gasteiger partial charge is 0.328 e. The van der Waals surface area contributed by atoms with Crippen LogP contribution in [0.15, 0.2) is 33.9 Å². The number of carbonyl (C=O) groups excluding carboxylic acids is 1. The van der Waals surface area contributed by atoms with Crippen molar-refractivity contribution in [2.24, 2.45) is 7.05 Å². The lowest BCUT2D eigenvalue weighted by Gasteiger charge is -2.36. The lowest BCUT2D eigenvalue weighted by atomic mass is 10.1. The van der Waals surface area contributed by atoms with Crippen LogP contribution in [0, 0.1) is 11.8 Å². The Balaban J connectivity index is 1.47. The summed E-state index contributed by atoms with van der Waals surface area (Å²) >= 11 is 0. The van der Waals surface area contributed by atoms with Gasteiger partial charge in [0.15, 0.2) is 0 Å². The first kappa shape index (κ1) is 21.6. The number of nitrogens with zero attached hydrogens (tertiary/aromatic N) is 4. The third-order valence-electron chi connectivity index (χ3n) is 5.62. The number of benzene rings is 1. The Bertz CT molecular complexity index is 1310. The second-order valence-electron chi connectivity index (χ2n) is 7.64. The van der Waals surface area contributed by atoms with Crippen molar-refractivity contribution in [3.63, 3.8) is 0 Å². The van der Waals surface area contributed by atoms with Crippen molar-refractivity contribution in [3.8, 4) is 0 Å². The van der Waals surface area contributed by atoms with E-state index in [0.717, 1.165) is 4.57 Å². The van der Waals surface area contributed by atoms with E-state index in [0.29, 0.717) is 44.0 Å². The maximum Gasteiger partial charge on any atom is 0.328 e. The molecule has 1 amide bonds. The molecule has 32 heavy (non-hydrogen) atoms. The van der Waals surface area contributed by atoms with Gasteiger partial charge in [0.2, 0.25) is 5.95 Å². The number of H-pyrrole nitrogens is 1. The van der Waals surface area contributed by atoms with Crippen LogP contribution in [0.1, 0.15) is 16.1 Å². The number of aromatic nitrogens is 3. The van der Waals surface area contributed by atoms with Crippen molar-refractivity contribution < 1.29 is 13.6 Å². The van der Waals surface area contributed by atoms with E-state index < -0.39 is 28.9 Å². The highest BCUT2D eigenvalue weighted by Crippen LogP contribution is 2.21. The number of halogens is 2. The van der Waals surface area contributed by atoms with Gasteiger partial charge in [0.25, 0.3) is 11.5 Å². The normalized spacial score (nSPS) is 14.7. The molecular weight excluding hydrogens is 422 g/mol. The van der Waals surface area contributed by atoms with Gasteiger partial charge in [-0.2, -0.15) is 4.39 Å². The maximum atomic E-state index is 14.6. The molecule has 2 N–H and O–H groups in total. The fourth-order valence-corrected chi connectivity index (χ4v) is 3.85. The molecule has 0 spiro atoms. The topological polar surface area (TPSA) is 103 Å². The van der Waals surface area contributed by atoms with Crippen LogP contribution in [0.25, 0.3) is 10.9 Å². The summed E-state index contributed by atoms with van der Waals surface area (Å²) in [4.78, 5) is 45.8. The molecule has 0 unspecified atom stereocenters. The molecule has 1 aliphatic heterocycles. The van der Waals surface area contributed by atoms with Gasteiger partial charge in [-0.3, -0.25) is 19.1 Å². The zero-order chi connectivity index (χ0) is 23.0. The van der Waals surface area contributed by atoms with Gasteiger partial charge in [-0.05, 0) is 29.8 Å². The van der Waals surface area contributed by atoms with Gasteiger partial charge in [-0.1, -0.05) is 0 Å². The molecule has 0 aliphatic carbocycles. The van der Waals surface area contributed by atoms with Crippen LogP contribution >= 0.6 is 0 Å². The largest absolute Gasteiger partial charge is 0.365 e. The van der Waals surface area contributed by atoms with E-state index in [1.165, 1.54) is 32.3 Å². The Hall–Kier alpha value is -3.60. The number of fused-ring (bicyclic) bond motifs is 1. The molecule has 168 valence electrons. The van der Waals surface area contributed by atoms with Crippen molar-refractivity contribution in [2.45, 2.75) is 6.54 Å². The van der Waals surface area contributed by atoms with Crippen LogP contribution in [-0.2, 0) is 13.6 Å². The number of carbonyl (C=O) groups is 1. The molecule has 3 aromatic rings. The van der Waals surface area contributed by atoms with E-state index in [4.69, 9.17) is 0 Å². The Morgan fingerprint density at radius 3 is 2.53 bits per heavy atom. The number of aromatic amines is 1. The van der Waals surface area contributed by atoms with Crippen LogP contribution in [-0.4, -0.2) is 58.6 Å². The van der Waals surface area contributed by atoms with Gasteiger partial charge < -0.3 is 15.2 Å². The monoisotopic (exact) mass is 444 g/mol. The van der Waals surface area contributed by atoms with Crippen LogP contribution in [0.3, 0.4) is 0 Å². The van der Waals surface area contributed by atoms with Crippen LogP contribution in [0.5, 0.6) is 0 Å². The first-order valence-corrected chi connectivity index (χ1v) is 10.1. The van der Waals surface area contributed by atoms with Gasteiger partial charge in [0, 0.05) is 46.8 Å². The number of amides is 1. The summed E-state index contributed by atoms with van der Waals surface area (Å²) in [6.45, 7) is 2.62. The summed E-state index contributed by atoms with van der Waals surface area (Å²) in [5.74, 6) is -1.85. The first-order chi connectivity index (χ1) is 15.3. The number of hydrogen-bond acceptors (Lipinski definition) is 6. The molecule has 0 saturated carbocycles. The molecule has 9 nitrogen and oxygen atoms in total. The van der Waals surface area contributed by atoms with Crippen molar-refractivity contribution >= 4 is 22.5 Å². The average molecular weight is 444 g/mol. The van der Waals surface area contributed by atoms with Gasteiger partial charge in [-0.15, -0.1) is 0 Å². The predicted octanol–water partition coefficient (Wildman–Crippen LogP) is 0.582. The Labute approximate surface area is 181 Å². The van der Waals surface area contributed by atoms with Crippen LogP contribution < -0.4 is 21.5 Å². The standard InChI is InChI=1S/C21H22F2N6O3/c1-24-19(30)14-3-4-16(18(23)25-14)29-7-5-28(6-8-29)11-12-9-13(22)17-15(10-12)26-21(32)27(2)20(17)31/h3-4,9-10H,5-8,11H2,1-2H3,(H,24,30)(H,26,32). The second-order valence-corrected chi connectivity index (χ2v) is 7.64. The highest BCUT2D eigenvalue weighted by Gasteiger charge is 2.22. The molecule has 11 heteroatoms. The van der Waals surface area contributed by atoms with E-state index in [2.05, 4.69) is 20.2 Å². The molecule has 2 aromatic heterocycles. The zero-order valence-corrected chi connectivity index (χ0v) is 17.6. The van der Waals surface area contributed by atoms with Crippen molar-refractivity contribution in [1.82, 2.24) is 24.8 Å². The number of rotatable bonds is 4. The van der Waals surface area contributed by atoms with Crippen LogP contribution in [0.4, 0.5) is 14.5 Å². The minimum absolute atomic E-state index is 0.0126. The Morgan fingerprint density at radius 1 is 1.16 bits per heavy atom. The van der Waals surface area contributed by atoms with Crippen molar-refractivity contribution in [2.75, 3.05) is 38.1 Å². The van der Waals surface area contributed by atoms with Crippen molar-refractivity contribution in [3.05, 3.63) is 68.1 Å². The van der Waals surface area contributed by atoms with E-state index in [9.17, 15) is 23.2 Å². The van der Waals surface area contributed by atoms with E-state index in [1.54, 1.807) is 6.07 Å². The Morgan fingerprint density at radius 2 is 1.88 bits per heavy atom. The number of piperazine rings is 1. The highest BCUT2D eigenvalue weighted by atomic mass is 19.1. The van der Waals surface area contributed by atoms with Gasteiger partial charge in [-0.25, -0.2) is 14.2 Å². The molecule has 0 bridgehead atoms. The lowest BCUT2D eigenvalue weighted by Crippen LogP contribution is -2.46. The maximum absolute atomic E-state index is 14.6. The second kappa shape index (κ2) is 8.50. The van der Waals surface area contributed by atoms with Gasteiger partial charge >= 0.3 is 5.69 Å². The molecular formula is C21H22F2N6O3. The number of anilines is 1. The molecule has 3 heterocycles. The summed E-state index contributed by atoms with van der Waals surface area (Å²) in [7, 11) is 2.74. The fraction of sp³-hybridized carbons (Fsp3) is 0.333. The molecule has 1 aromatic carbocycles. The third kappa shape index (κ3) is 3.98. The summed E-state index contributed by atoms with van der Waals surface area (Å²) in [6.07, 6.45) is 0. The predicted molar refractivity (Wildman–Crippen MR) is 115 cm³/mol. The number of hydrogen-bond donors (Lipinski definition) is 2. The number of pyridine rings is 1. The molecule has 4 rings (SSSR count). The minimum Gasteiger partial charge on any atom is -0.365 e. The SMILES string of the molecule is CNC(=O)c1ccc(N2CCN(Cc3cc(F)c4c(=O)n(C)c(=O)[nH]c4c3)CC2)c(F)n1. The van der Waals surface area contributed by atoms with Gasteiger partial charge in [0.1, 0.15) is 11.5 Å². The summed E-state index contributed by atoms with van der Waals surface area (Å²) in [5, 5.41) is 2.26. The van der Waals surface area contributed by atoms with E-state index in [-0.39, 0.29) is 16.6 Å². The summed E-state index contributed by atoms with van der Waals surface area (Å²) in [6, 6.07) is 5.93. The molecule has 1 aliphatic rings. The minimum atomic E-state index is -0.707. The average Bonchev–Trinajstić information content (AvgIpc) is 2.77. The van der Waals surface area contributed by atoms with E-state index >= 15 is 0 Å². The third-order valence-corrected chi connectivity index (χ3v) is 5.62. The van der Waals surface area contributed by atoms with E-state index in [1.807, 2.05) is 4.90 Å². The first-order valence-electron chi connectivity index (χ1n) is 10.1. The Kier molecular flexibility index (Phi) is 5.74. The highest BCUT2D eigenvalue weighted by molar-refractivity contribution is 5.92. The zero-order valence-electron chi connectivity index (χ0n) is 17.6. The molecule has 0 atom stereocenters. The fourth-order valence-electron chi connectivity index (χ4n) is 3.85. The number of nitrogens with one attached hydrogen (secondary N) is 2. The summed E-state index contributed by atoms with van der Waals surface area (Å²) in [5.41, 5.74) is -0.169. The molecule has 1 fully saturated rings. The lowest BCUT2D eigenvalue weighted by molar-refractivity contribution is 0.0957. The molecule has 1 saturated heterocycles. The quantitative estimate of drug-likeness (QED) is 0.571. The molecule has 0 radical (unpaired) electrons. The summed E-state index contributed by atoms with van der Waals surface area (Å²) < 4.78 is 29.8. The van der Waals surface area contributed by atoms with Crippen molar-refractivity contribution in [1.29, 1.82) is 0 Å². The van der Waals surface area contributed by atoms with Gasteiger partial charge in [0.05, 0.1) is 16.6 Å².